The lowest BCUT2D eigenvalue weighted by molar-refractivity contribution is -0.383. The summed E-state index contributed by atoms with van der Waals surface area (Å²) in [4.78, 5) is 28.5. The van der Waals surface area contributed by atoms with E-state index in [4.69, 9.17) is 0 Å². The lowest BCUT2D eigenvalue weighted by atomic mass is 9.80. The molecule has 0 saturated carbocycles. The SMILES string of the molecule is O=C(Nc1ccccc1[N+](=O)[O-])NC(Cc1ccccc1)(c1cccc(C(F)(F)F)c1)c1ccccn1. The molecular formula is C27H21F3N4O3. The van der Waals surface area contributed by atoms with E-state index in [2.05, 4.69) is 15.6 Å². The standard InChI is InChI=1S/C27H21F3N4O3/c28-27(29,30)21-12-8-11-20(17-21)26(24-15-6-7-16-31-24,18-19-9-2-1-3-10-19)33-25(35)32-22-13-4-5-14-23(22)34(36)37/h1-17H,18H2,(H2,32,33,35). The topological polar surface area (TPSA) is 97.2 Å². The quantitative estimate of drug-likeness (QED) is 0.227. The number of para-hydroxylation sites is 2. The number of nitrogens with one attached hydrogen (secondary N) is 2. The van der Waals surface area contributed by atoms with E-state index in [9.17, 15) is 28.1 Å². The summed E-state index contributed by atoms with van der Waals surface area (Å²) in [5, 5.41) is 16.7. The summed E-state index contributed by atoms with van der Waals surface area (Å²) < 4.78 is 41.0. The number of aromatic nitrogens is 1. The maximum atomic E-state index is 13.7. The molecule has 10 heteroatoms. The zero-order valence-corrected chi connectivity index (χ0v) is 19.3. The maximum absolute atomic E-state index is 13.7. The molecule has 0 radical (unpaired) electrons. The van der Waals surface area contributed by atoms with Gasteiger partial charge in [0.15, 0.2) is 0 Å². The highest BCUT2D eigenvalue weighted by Crippen LogP contribution is 2.37. The molecular weight excluding hydrogens is 485 g/mol. The first kappa shape index (κ1) is 25.4. The number of hydrogen-bond donors (Lipinski definition) is 2. The number of hydrogen-bond acceptors (Lipinski definition) is 4. The molecule has 0 spiro atoms. The van der Waals surface area contributed by atoms with Crippen LogP contribution in [0.2, 0.25) is 0 Å². The summed E-state index contributed by atoms with van der Waals surface area (Å²) >= 11 is 0. The summed E-state index contributed by atoms with van der Waals surface area (Å²) in [5.74, 6) is 0. The van der Waals surface area contributed by atoms with Crippen LogP contribution >= 0.6 is 0 Å². The van der Waals surface area contributed by atoms with Crippen molar-refractivity contribution in [2.24, 2.45) is 0 Å². The molecule has 188 valence electrons. The van der Waals surface area contributed by atoms with Gasteiger partial charge in [0.1, 0.15) is 11.2 Å². The third-order valence-corrected chi connectivity index (χ3v) is 5.77. The summed E-state index contributed by atoms with van der Waals surface area (Å²) in [7, 11) is 0. The van der Waals surface area contributed by atoms with E-state index in [0.717, 1.165) is 17.7 Å². The number of nitro benzene ring substituents is 1. The van der Waals surface area contributed by atoms with Gasteiger partial charge in [0.2, 0.25) is 0 Å². The molecule has 37 heavy (non-hydrogen) atoms. The first-order valence-electron chi connectivity index (χ1n) is 11.1. The molecule has 1 atom stereocenters. The van der Waals surface area contributed by atoms with Crippen molar-refractivity contribution in [1.82, 2.24) is 10.3 Å². The molecule has 7 nitrogen and oxygen atoms in total. The van der Waals surface area contributed by atoms with Crippen LogP contribution in [0.5, 0.6) is 0 Å². The average Bonchev–Trinajstić information content (AvgIpc) is 2.89. The second-order valence-electron chi connectivity index (χ2n) is 8.21. The van der Waals surface area contributed by atoms with Crippen molar-refractivity contribution in [3.63, 3.8) is 0 Å². The Bertz CT molecular complexity index is 1400. The van der Waals surface area contributed by atoms with Crippen molar-refractivity contribution >= 4 is 17.4 Å². The highest BCUT2D eigenvalue weighted by molar-refractivity contribution is 5.92. The van der Waals surface area contributed by atoms with Crippen molar-refractivity contribution in [2.75, 3.05) is 5.32 Å². The van der Waals surface area contributed by atoms with Gasteiger partial charge < -0.3 is 10.6 Å². The fourth-order valence-electron chi connectivity index (χ4n) is 4.09. The molecule has 3 aromatic carbocycles. The fourth-order valence-corrected chi connectivity index (χ4v) is 4.09. The third-order valence-electron chi connectivity index (χ3n) is 5.77. The van der Waals surface area contributed by atoms with Gasteiger partial charge in [0, 0.05) is 18.7 Å². The van der Waals surface area contributed by atoms with Gasteiger partial charge in [0.25, 0.3) is 5.69 Å². The van der Waals surface area contributed by atoms with E-state index in [1.807, 2.05) is 0 Å². The van der Waals surface area contributed by atoms with E-state index in [0.29, 0.717) is 0 Å². The third kappa shape index (κ3) is 5.75. The van der Waals surface area contributed by atoms with Gasteiger partial charge in [-0.15, -0.1) is 0 Å². The number of halogens is 3. The Kier molecular flexibility index (Phi) is 7.19. The number of carbonyl (C=O) groups excluding carboxylic acids is 1. The largest absolute Gasteiger partial charge is 0.416 e. The fraction of sp³-hybridized carbons (Fsp3) is 0.111. The minimum atomic E-state index is -4.62. The van der Waals surface area contributed by atoms with Gasteiger partial charge in [-0.25, -0.2) is 4.79 Å². The Balaban J connectivity index is 1.86. The van der Waals surface area contributed by atoms with Crippen LogP contribution < -0.4 is 10.6 Å². The van der Waals surface area contributed by atoms with Gasteiger partial charge in [-0.1, -0.05) is 60.7 Å². The van der Waals surface area contributed by atoms with Gasteiger partial charge in [0.05, 0.1) is 16.2 Å². The molecule has 0 aliphatic heterocycles. The number of carbonyl (C=O) groups is 1. The average molecular weight is 506 g/mol. The van der Waals surface area contributed by atoms with E-state index in [-0.39, 0.29) is 29.1 Å². The zero-order valence-electron chi connectivity index (χ0n) is 19.3. The number of pyridine rings is 1. The van der Waals surface area contributed by atoms with Gasteiger partial charge in [-0.05, 0) is 41.5 Å². The Morgan fingerprint density at radius 2 is 1.54 bits per heavy atom. The van der Waals surface area contributed by atoms with E-state index < -0.39 is 28.2 Å². The molecule has 1 heterocycles. The van der Waals surface area contributed by atoms with Crippen LogP contribution in [0.4, 0.5) is 29.3 Å². The van der Waals surface area contributed by atoms with Gasteiger partial charge in [-0.2, -0.15) is 13.2 Å². The van der Waals surface area contributed by atoms with Gasteiger partial charge in [-0.3, -0.25) is 15.1 Å². The molecule has 4 rings (SSSR count). The molecule has 0 fully saturated rings. The number of amides is 2. The monoisotopic (exact) mass is 506 g/mol. The van der Waals surface area contributed by atoms with Crippen molar-refractivity contribution in [3.8, 4) is 0 Å². The van der Waals surface area contributed by atoms with Crippen LogP contribution in [0.15, 0.2) is 103 Å². The Morgan fingerprint density at radius 3 is 2.22 bits per heavy atom. The normalized spacial score (nSPS) is 12.8. The molecule has 2 N–H and O–H groups in total. The smallest absolute Gasteiger partial charge is 0.322 e. The van der Waals surface area contributed by atoms with Crippen molar-refractivity contribution < 1.29 is 22.9 Å². The van der Waals surface area contributed by atoms with Crippen molar-refractivity contribution in [2.45, 2.75) is 18.1 Å². The lowest BCUT2D eigenvalue weighted by Gasteiger charge is -2.35. The molecule has 0 aliphatic carbocycles. The minimum Gasteiger partial charge on any atom is -0.322 e. The molecule has 0 bridgehead atoms. The summed E-state index contributed by atoms with van der Waals surface area (Å²) in [6.07, 6.45) is -3.09. The second kappa shape index (κ2) is 10.5. The number of nitro groups is 1. The molecule has 1 aromatic heterocycles. The predicted octanol–water partition coefficient (Wildman–Crippen LogP) is 6.32. The zero-order chi connectivity index (χ0) is 26.5. The van der Waals surface area contributed by atoms with E-state index in [1.54, 1.807) is 48.5 Å². The predicted molar refractivity (Wildman–Crippen MR) is 132 cm³/mol. The summed E-state index contributed by atoms with van der Waals surface area (Å²) in [5.41, 5.74) is -1.70. The first-order chi connectivity index (χ1) is 17.7. The molecule has 0 saturated heterocycles. The van der Waals surface area contributed by atoms with E-state index >= 15 is 0 Å². The Morgan fingerprint density at radius 1 is 0.865 bits per heavy atom. The van der Waals surface area contributed by atoms with Crippen LogP contribution in [0.25, 0.3) is 0 Å². The van der Waals surface area contributed by atoms with Crippen molar-refractivity contribution in [3.05, 3.63) is 136 Å². The number of benzene rings is 3. The van der Waals surface area contributed by atoms with Gasteiger partial charge >= 0.3 is 12.2 Å². The van der Waals surface area contributed by atoms with E-state index in [1.165, 1.54) is 42.6 Å². The molecule has 4 aromatic rings. The summed E-state index contributed by atoms with van der Waals surface area (Å²) in [6.45, 7) is 0. The lowest BCUT2D eigenvalue weighted by Crippen LogP contribution is -2.50. The Labute approximate surface area is 210 Å². The molecule has 2 amide bonds. The first-order valence-corrected chi connectivity index (χ1v) is 11.1. The second-order valence-corrected chi connectivity index (χ2v) is 8.21. The highest BCUT2D eigenvalue weighted by atomic mass is 19.4. The van der Waals surface area contributed by atoms with Crippen molar-refractivity contribution in [1.29, 1.82) is 0 Å². The number of anilines is 1. The van der Waals surface area contributed by atoms with Crippen LogP contribution in [0.1, 0.15) is 22.4 Å². The van der Waals surface area contributed by atoms with Crippen LogP contribution in [-0.2, 0) is 18.1 Å². The Hall–Kier alpha value is -4.73. The van der Waals surface area contributed by atoms with Crippen LogP contribution in [-0.4, -0.2) is 15.9 Å². The number of alkyl halides is 3. The minimum absolute atomic E-state index is 0.0521. The molecule has 0 aliphatic rings. The number of urea groups is 1. The van der Waals surface area contributed by atoms with Crippen LogP contribution in [0, 0.1) is 10.1 Å². The number of nitrogens with zero attached hydrogens (tertiary/aromatic N) is 2. The highest BCUT2D eigenvalue weighted by Gasteiger charge is 2.40. The van der Waals surface area contributed by atoms with Crippen LogP contribution in [0.3, 0.4) is 0 Å². The summed E-state index contributed by atoms with van der Waals surface area (Å²) in [6, 6.07) is 23.2. The number of rotatable bonds is 7. The maximum Gasteiger partial charge on any atom is 0.416 e. The molecule has 1 unspecified atom stereocenters.